The summed E-state index contributed by atoms with van der Waals surface area (Å²) in [5.74, 6) is 0.735. The maximum Gasteiger partial charge on any atom is 0.272 e. The lowest BCUT2D eigenvalue weighted by Crippen LogP contribution is -2.30. The van der Waals surface area contributed by atoms with Crippen LogP contribution in [-0.2, 0) is 9.59 Å². The molecule has 4 aromatic rings. The van der Waals surface area contributed by atoms with E-state index in [-0.39, 0.29) is 11.6 Å². The van der Waals surface area contributed by atoms with Crippen molar-refractivity contribution in [2.24, 2.45) is 0 Å². The number of nitrogens with one attached hydrogen (secondary N) is 3. The van der Waals surface area contributed by atoms with Gasteiger partial charge in [-0.3, -0.25) is 14.4 Å². The Labute approximate surface area is 291 Å². The van der Waals surface area contributed by atoms with Crippen LogP contribution in [0.1, 0.15) is 42.6 Å². The summed E-state index contributed by atoms with van der Waals surface area (Å²) in [6.45, 7) is 4.57. The number of amides is 3. The van der Waals surface area contributed by atoms with Crippen LogP contribution in [0.5, 0.6) is 23.0 Å². The van der Waals surface area contributed by atoms with Gasteiger partial charge in [0.1, 0.15) is 11.4 Å². The topological polar surface area (TPSA) is 124 Å². The summed E-state index contributed by atoms with van der Waals surface area (Å²) in [6.07, 6.45) is 3.56. The molecule has 0 aliphatic carbocycles. The average Bonchev–Trinajstić information content (AvgIpc) is 3.12. The molecule has 0 aliphatic rings. The van der Waals surface area contributed by atoms with E-state index in [0.717, 1.165) is 23.5 Å². The van der Waals surface area contributed by atoms with Gasteiger partial charge < -0.3 is 34.9 Å². The van der Waals surface area contributed by atoms with Gasteiger partial charge in [0.2, 0.25) is 11.7 Å². The number of benzene rings is 4. The van der Waals surface area contributed by atoms with Crippen LogP contribution < -0.4 is 34.9 Å². The Morgan fingerprint density at radius 3 is 2.12 bits per heavy atom. The first-order valence-electron chi connectivity index (χ1n) is 15.7. The molecule has 4 aromatic carbocycles. The Morgan fingerprint density at radius 2 is 1.49 bits per heavy atom. The third-order valence-electron chi connectivity index (χ3n) is 7.19. The Morgan fingerprint density at radius 1 is 0.796 bits per heavy atom. The molecular formula is C38H41N3O7S. The van der Waals surface area contributed by atoms with Crippen molar-refractivity contribution in [3.8, 4) is 23.0 Å². The van der Waals surface area contributed by atoms with Crippen molar-refractivity contribution in [2.45, 2.75) is 36.8 Å². The lowest BCUT2D eigenvalue weighted by Gasteiger charge is -2.15. The van der Waals surface area contributed by atoms with Gasteiger partial charge in [-0.15, -0.1) is 11.8 Å². The van der Waals surface area contributed by atoms with Gasteiger partial charge in [-0.25, -0.2) is 0 Å². The number of unbranched alkanes of at least 4 members (excludes halogenated alkanes) is 1. The van der Waals surface area contributed by atoms with Gasteiger partial charge in [-0.05, 0) is 91.7 Å². The van der Waals surface area contributed by atoms with Crippen molar-refractivity contribution in [3.63, 3.8) is 0 Å². The highest BCUT2D eigenvalue weighted by molar-refractivity contribution is 8.00. The first-order chi connectivity index (χ1) is 23.7. The summed E-state index contributed by atoms with van der Waals surface area (Å²) >= 11 is 1.35. The van der Waals surface area contributed by atoms with Gasteiger partial charge in [-0.1, -0.05) is 37.6 Å². The third-order valence-corrected chi connectivity index (χ3v) is 8.28. The predicted octanol–water partition coefficient (Wildman–Crippen LogP) is 7.42. The maximum absolute atomic E-state index is 13.7. The largest absolute Gasteiger partial charge is 0.494 e. The van der Waals surface area contributed by atoms with E-state index in [1.165, 1.54) is 39.2 Å². The normalized spacial score (nSPS) is 11.6. The number of hydrogen-bond donors (Lipinski definition) is 3. The molecular weight excluding hydrogens is 642 g/mol. The summed E-state index contributed by atoms with van der Waals surface area (Å²) in [5.41, 5.74) is 2.04. The molecule has 0 aromatic heterocycles. The number of ether oxygens (including phenoxy) is 4. The monoisotopic (exact) mass is 683 g/mol. The van der Waals surface area contributed by atoms with E-state index in [1.807, 2.05) is 37.3 Å². The second-order valence-electron chi connectivity index (χ2n) is 10.8. The second-order valence-corrected chi connectivity index (χ2v) is 12.2. The number of methoxy groups -OCH3 is 3. The highest BCUT2D eigenvalue weighted by Crippen LogP contribution is 2.38. The Kier molecular flexibility index (Phi) is 13.5. The number of carbonyl (C=O) groups excluding carboxylic acids is 3. The molecule has 256 valence electrons. The van der Waals surface area contributed by atoms with Crippen molar-refractivity contribution >= 4 is 46.9 Å². The number of rotatable bonds is 16. The predicted molar refractivity (Wildman–Crippen MR) is 194 cm³/mol. The lowest BCUT2D eigenvalue weighted by molar-refractivity contribution is -0.115. The molecule has 0 spiro atoms. The Balaban J connectivity index is 1.49. The molecule has 0 saturated heterocycles. The van der Waals surface area contributed by atoms with Crippen LogP contribution in [-0.4, -0.2) is 50.9 Å². The molecule has 0 heterocycles. The van der Waals surface area contributed by atoms with Crippen molar-refractivity contribution in [3.05, 3.63) is 108 Å². The average molecular weight is 684 g/mol. The van der Waals surface area contributed by atoms with Crippen molar-refractivity contribution in [1.29, 1.82) is 0 Å². The van der Waals surface area contributed by atoms with Gasteiger partial charge in [0.05, 0.1) is 33.2 Å². The minimum atomic E-state index is -0.562. The van der Waals surface area contributed by atoms with Gasteiger partial charge in [0.25, 0.3) is 11.8 Å². The van der Waals surface area contributed by atoms with Crippen LogP contribution in [0, 0.1) is 0 Å². The molecule has 11 heteroatoms. The summed E-state index contributed by atoms with van der Waals surface area (Å²) in [5, 5.41) is 8.11. The smallest absolute Gasteiger partial charge is 0.272 e. The Hall–Kier alpha value is -5.42. The molecule has 3 amide bonds. The zero-order valence-electron chi connectivity index (χ0n) is 28.2. The van der Waals surface area contributed by atoms with Crippen molar-refractivity contribution in [2.75, 3.05) is 38.6 Å². The Bertz CT molecular complexity index is 1740. The molecule has 3 N–H and O–H groups in total. The van der Waals surface area contributed by atoms with E-state index < -0.39 is 17.1 Å². The van der Waals surface area contributed by atoms with Crippen LogP contribution >= 0.6 is 11.8 Å². The lowest BCUT2D eigenvalue weighted by atomic mass is 10.1. The van der Waals surface area contributed by atoms with Gasteiger partial charge in [0, 0.05) is 21.8 Å². The molecule has 49 heavy (non-hydrogen) atoms. The summed E-state index contributed by atoms with van der Waals surface area (Å²) < 4.78 is 22.0. The quantitative estimate of drug-likeness (QED) is 0.0634. The van der Waals surface area contributed by atoms with Crippen molar-refractivity contribution in [1.82, 2.24) is 5.32 Å². The summed E-state index contributed by atoms with van der Waals surface area (Å²) in [4.78, 5) is 40.6. The summed E-state index contributed by atoms with van der Waals surface area (Å²) in [6, 6.07) is 26.4. The SMILES string of the molecule is CCCCOc1ccc(NC(=O)C(C)Sc2cccc(NC(=O)/C(=C\c3cc(OC)c(OC)c(OC)c3)NC(=O)c3ccccc3)c2)cc1. The van der Waals surface area contributed by atoms with Gasteiger partial charge in [-0.2, -0.15) is 0 Å². The van der Waals surface area contributed by atoms with Crippen LogP contribution in [0.2, 0.25) is 0 Å². The van der Waals surface area contributed by atoms with Gasteiger partial charge in [0.15, 0.2) is 11.5 Å². The summed E-state index contributed by atoms with van der Waals surface area (Å²) in [7, 11) is 4.48. The molecule has 1 atom stereocenters. The minimum absolute atomic E-state index is 0.0179. The van der Waals surface area contributed by atoms with E-state index in [9.17, 15) is 14.4 Å². The zero-order valence-corrected chi connectivity index (χ0v) is 29.0. The molecule has 0 saturated carbocycles. The maximum atomic E-state index is 13.7. The first-order valence-corrected chi connectivity index (χ1v) is 16.6. The third kappa shape index (κ3) is 10.5. The highest BCUT2D eigenvalue weighted by atomic mass is 32.2. The van der Waals surface area contributed by atoms with Crippen molar-refractivity contribution < 1.29 is 33.3 Å². The molecule has 4 rings (SSSR count). The van der Waals surface area contributed by atoms with E-state index in [4.69, 9.17) is 18.9 Å². The standard InChI is InChI=1S/C38H41N3O7S/c1-6-7-20-48-30-18-16-28(17-19-30)39-36(42)25(2)49-31-15-11-14-29(24-31)40-38(44)32(41-37(43)27-12-9-8-10-13-27)21-26-22-33(45-3)35(47-5)34(23-26)46-4/h8-19,21-25H,6-7,20H2,1-5H3,(H,39,42)(H,40,44)(H,41,43)/b32-21+. The van der Waals surface area contributed by atoms with Crippen LogP contribution in [0.15, 0.2) is 102 Å². The van der Waals surface area contributed by atoms with Crippen LogP contribution in [0.3, 0.4) is 0 Å². The molecule has 0 fully saturated rings. The minimum Gasteiger partial charge on any atom is -0.494 e. The second kappa shape index (κ2) is 18.2. The first kappa shape index (κ1) is 36.4. The van der Waals surface area contributed by atoms with E-state index >= 15 is 0 Å². The van der Waals surface area contributed by atoms with E-state index in [1.54, 1.807) is 60.7 Å². The number of hydrogen-bond acceptors (Lipinski definition) is 8. The van der Waals surface area contributed by atoms with Crippen LogP contribution in [0.4, 0.5) is 11.4 Å². The number of anilines is 2. The fourth-order valence-electron chi connectivity index (χ4n) is 4.61. The van der Waals surface area contributed by atoms with E-state index in [2.05, 4.69) is 22.9 Å². The fourth-order valence-corrected chi connectivity index (χ4v) is 5.54. The number of carbonyl (C=O) groups is 3. The van der Waals surface area contributed by atoms with E-state index in [0.29, 0.717) is 46.4 Å². The molecule has 0 radical (unpaired) electrons. The molecule has 1 unspecified atom stereocenters. The fraction of sp³-hybridized carbons (Fsp3) is 0.237. The zero-order chi connectivity index (χ0) is 35.2. The molecule has 10 nitrogen and oxygen atoms in total. The molecule has 0 aliphatic heterocycles. The van der Waals surface area contributed by atoms with Crippen LogP contribution in [0.25, 0.3) is 6.08 Å². The van der Waals surface area contributed by atoms with Gasteiger partial charge >= 0.3 is 0 Å². The number of thioether (sulfide) groups is 1. The molecule has 0 bridgehead atoms. The highest BCUT2D eigenvalue weighted by Gasteiger charge is 2.19.